The maximum atomic E-state index is 8.82. The van der Waals surface area contributed by atoms with E-state index in [2.05, 4.69) is 0 Å². The van der Waals surface area contributed by atoms with E-state index in [0.29, 0.717) is 0 Å². The average molecular weight is 151 g/mol. The van der Waals surface area contributed by atoms with Gasteiger partial charge in [0, 0.05) is 5.88 Å². The smallest absolute Gasteiger partial charge is 0.0512 e. The monoisotopic (exact) mass is 150 g/mol. The second kappa shape index (κ2) is 6.37. The Morgan fingerprint density at radius 3 is 2.44 bits per heavy atom. The highest BCUT2D eigenvalue weighted by Gasteiger charge is 1.93. The molecule has 1 N–H and O–H groups in total. The molecule has 56 valence electrons. The van der Waals surface area contributed by atoms with Gasteiger partial charge in [0.1, 0.15) is 0 Å². The third-order valence-electron chi connectivity index (χ3n) is 1.26. The molecule has 0 radical (unpaired) electrons. The van der Waals surface area contributed by atoms with Crippen molar-refractivity contribution in [3.05, 3.63) is 0 Å². The Bertz CT molecular complexity index is 54.9. The van der Waals surface area contributed by atoms with Crippen LogP contribution < -0.4 is 0 Å². The summed E-state index contributed by atoms with van der Waals surface area (Å²) in [5.41, 5.74) is 0. The van der Waals surface area contributed by atoms with E-state index in [1.165, 1.54) is 0 Å². The molecule has 0 saturated carbocycles. The molecule has 0 unspecified atom stereocenters. The summed E-state index contributed by atoms with van der Waals surface area (Å²) in [7, 11) is 0. The van der Waals surface area contributed by atoms with Crippen molar-refractivity contribution in [2.24, 2.45) is 0 Å². The van der Waals surface area contributed by atoms with Gasteiger partial charge in [0.2, 0.25) is 0 Å². The number of aliphatic hydroxyl groups is 1. The Morgan fingerprint density at radius 2 is 2.00 bits per heavy atom. The SMILES string of the molecule is C[C@@H](O)CCCCCCl. The van der Waals surface area contributed by atoms with Crippen LogP contribution in [0.5, 0.6) is 0 Å². The largest absolute Gasteiger partial charge is 0.393 e. The van der Waals surface area contributed by atoms with Gasteiger partial charge in [-0.05, 0) is 19.8 Å². The number of unbranched alkanes of at least 4 members (excludes halogenated alkanes) is 2. The summed E-state index contributed by atoms with van der Waals surface area (Å²) in [5.74, 6) is 0.750. The lowest BCUT2D eigenvalue weighted by Crippen LogP contribution is -1.98. The maximum absolute atomic E-state index is 8.82. The molecule has 1 nitrogen and oxygen atoms in total. The number of hydrogen-bond acceptors (Lipinski definition) is 1. The van der Waals surface area contributed by atoms with E-state index in [4.69, 9.17) is 16.7 Å². The first-order chi connectivity index (χ1) is 4.27. The van der Waals surface area contributed by atoms with Gasteiger partial charge in [-0.2, -0.15) is 0 Å². The van der Waals surface area contributed by atoms with Crippen LogP contribution in [-0.4, -0.2) is 17.1 Å². The molecule has 9 heavy (non-hydrogen) atoms. The second-order valence-electron chi connectivity index (χ2n) is 2.39. The highest BCUT2D eigenvalue weighted by molar-refractivity contribution is 6.17. The molecule has 0 aliphatic carbocycles. The van der Waals surface area contributed by atoms with Crippen LogP contribution in [0.4, 0.5) is 0 Å². The zero-order valence-corrected chi connectivity index (χ0v) is 6.69. The topological polar surface area (TPSA) is 20.2 Å². The first-order valence-corrected chi connectivity index (χ1v) is 4.05. The molecular weight excluding hydrogens is 136 g/mol. The molecule has 0 aromatic rings. The van der Waals surface area contributed by atoms with Crippen LogP contribution in [-0.2, 0) is 0 Å². The summed E-state index contributed by atoms with van der Waals surface area (Å²) in [6.45, 7) is 1.82. The molecule has 0 heterocycles. The lowest BCUT2D eigenvalue weighted by Gasteiger charge is -2.00. The van der Waals surface area contributed by atoms with Crippen molar-refractivity contribution in [2.75, 3.05) is 5.88 Å². The van der Waals surface area contributed by atoms with Gasteiger partial charge in [-0.25, -0.2) is 0 Å². The van der Waals surface area contributed by atoms with Gasteiger partial charge in [0.05, 0.1) is 6.10 Å². The third-order valence-corrected chi connectivity index (χ3v) is 1.52. The summed E-state index contributed by atoms with van der Waals surface area (Å²) >= 11 is 5.45. The van der Waals surface area contributed by atoms with Crippen LogP contribution in [0.3, 0.4) is 0 Å². The minimum Gasteiger partial charge on any atom is -0.393 e. The summed E-state index contributed by atoms with van der Waals surface area (Å²) in [6, 6.07) is 0. The minimum absolute atomic E-state index is 0.139. The van der Waals surface area contributed by atoms with E-state index < -0.39 is 0 Å². The average Bonchev–Trinajstić information content (AvgIpc) is 1.80. The molecule has 0 saturated heterocycles. The predicted octanol–water partition coefficient (Wildman–Crippen LogP) is 2.17. The van der Waals surface area contributed by atoms with Crippen molar-refractivity contribution in [3.8, 4) is 0 Å². The van der Waals surface area contributed by atoms with Crippen molar-refractivity contribution >= 4 is 11.6 Å². The predicted molar refractivity (Wildman–Crippen MR) is 40.9 cm³/mol. The van der Waals surface area contributed by atoms with Crippen molar-refractivity contribution in [3.63, 3.8) is 0 Å². The number of halogens is 1. The Morgan fingerprint density at radius 1 is 1.33 bits per heavy atom. The highest BCUT2D eigenvalue weighted by atomic mass is 35.5. The minimum atomic E-state index is -0.139. The highest BCUT2D eigenvalue weighted by Crippen LogP contribution is 2.03. The Hall–Kier alpha value is 0.250. The van der Waals surface area contributed by atoms with Crippen molar-refractivity contribution in [1.29, 1.82) is 0 Å². The Balaban J connectivity index is 2.75. The molecular formula is C7H15ClO. The summed E-state index contributed by atoms with van der Waals surface area (Å²) in [6.07, 6.45) is 4.10. The summed E-state index contributed by atoms with van der Waals surface area (Å²) in [5, 5.41) is 8.82. The quantitative estimate of drug-likeness (QED) is 0.471. The Labute approximate surface area is 62.0 Å². The summed E-state index contributed by atoms with van der Waals surface area (Å²) in [4.78, 5) is 0. The van der Waals surface area contributed by atoms with E-state index in [0.717, 1.165) is 31.6 Å². The Kier molecular flexibility index (Phi) is 6.55. The van der Waals surface area contributed by atoms with Gasteiger partial charge < -0.3 is 5.11 Å². The fourth-order valence-corrected chi connectivity index (χ4v) is 0.900. The van der Waals surface area contributed by atoms with Gasteiger partial charge in [-0.1, -0.05) is 12.8 Å². The molecule has 0 aliphatic rings. The van der Waals surface area contributed by atoms with Crippen LogP contribution in [0, 0.1) is 0 Å². The molecule has 2 heteroatoms. The van der Waals surface area contributed by atoms with Crippen LogP contribution in [0.1, 0.15) is 32.6 Å². The first-order valence-electron chi connectivity index (χ1n) is 3.51. The number of rotatable bonds is 5. The maximum Gasteiger partial charge on any atom is 0.0512 e. The number of aliphatic hydroxyl groups excluding tert-OH is 1. The zero-order valence-electron chi connectivity index (χ0n) is 5.94. The van der Waals surface area contributed by atoms with Crippen molar-refractivity contribution in [1.82, 2.24) is 0 Å². The molecule has 0 amide bonds. The van der Waals surface area contributed by atoms with E-state index in [1.807, 2.05) is 6.92 Å². The first kappa shape index (κ1) is 9.25. The van der Waals surface area contributed by atoms with E-state index in [9.17, 15) is 0 Å². The second-order valence-corrected chi connectivity index (χ2v) is 2.77. The number of alkyl halides is 1. The van der Waals surface area contributed by atoms with Crippen molar-refractivity contribution in [2.45, 2.75) is 38.7 Å². The molecule has 0 bridgehead atoms. The van der Waals surface area contributed by atoms with Gasteiger partial charge in [0.15, 0.2) is 0 Å². The van der Waals surface area contributed by atoms with Gasteiger partial charge in [-0.3, -0.25) is 0 Å². The fraction of sp³-hybridized carbons (Fsp3) is 1.00. The van der Waals surface area contributed by atoms with Crippen LogP contribution in [0.2, 0.25) is 0 Å². The molecule has 0 fully saturated rings. The lowest BCUT2D eigenvalue weighted by molar-refractivity contribution is 0.180. The third kappa shape index (κ3) is 8.25. The van der Waals surface area contributed by atoms with Crippen LogP contribution in [0.25, 0.3) is 0 Å². The zero-order chi connectivity index (χ0) is 7.11. The standard InChI is InChI=1S/C7H15ClO/c1-7(9)5-3-2-4-6-8/h7,9H,2-6H2,1H3/t7-/m1/s1. The molecule has 0 aromatic heterocycles. The van der Waals surface area contributed by atoms with Gasteiger partial charge >= 0.3 is 0 Å². The van der Waals surface area contributed by atoms with E-state index >= 15 is 0 Å². The van der Waals surface area contributed by atoms with E-state index in [-0.39, 0.29) is 6.10 Å². The number of hydrogen-bond donors (Lipinski definition) is 1. The van der Waals surface area contributed by atoms with Gasteiger partial charge in [-0.15, -0.1) is 11.6 Å². The molecule has 0 aromatic carbocycles. The van der Waals surface area contributed by atoms with E-state index in [1.54, 1.807) is 0 Å². The van der Waals surface area contributed by atoms with Crippen LogP contribution >= 0.6 is 11.6 Å². The fourth-order valence-electron chi connectivity index (χ4n) is 0.711. The lowest BCUT2D eigenvalue weighted by atomic mass is 10.1. The van der Waals surface area contributed by atoms with Crippen LogP contribution in [0.15, 0.2) is 0 Å². The van der Waals surface area contributed by atoms with Gasteiger partial charge in [0.25, 0.3) is 0 Å². The molecule has 0 rings (SSSR count). The normalized spacial score (nSPS) is 13.7. The summed E-state index contributed by atoms with van der Waals surface area (Å²) < 4.78 is 0. The molecule has 0 aliphatic heterocycles. The van der Waals surface area contributed by atoms with Crippen molar-refractivity contribution < 1.29 is 5.11 Å². The molecule has 0 spiro atoms. The molecule has 1 atom stereocenters.